The lowest BCUT2D eigenvalue weighted by Crippen LogP contribution is -2.37. The Kier molecular flexibility index (Phi) is 3.35. The largest absolute Gasteiger partial charge is 0.395 e. The summed E-state index contributed by atoms with van der Waals surface area (Å²) >= 11 is 8.96. The molecular formula is C10H8BrClN5+. The monoisotopic (exact) mass is 312 g/mol. The highest BCUT2D eigenvalue weighted by molar-refractivity contribution is 9.18. The van der Waals surface area contributed by atoms with Crippen LogP contribution in [0.1, 0.15) is 5.69 Å². The number of hydrogen-bond donors (Lipinski definition) is 2. The molecule has 0 unspecified atom stereocenters. The van der Waals surface area contributed by atoms with Crippen LogP contribution in [0.4, 0.5) is 5.69 Å². The number of halogens is 2. The molecule has 2 heterocycles. The molecule has 7 heteroatoms. The van der Waals surface area contributed by atoms with Crippen LogP contribution >= 0.6 is 27.5 Å². The second kappa shape index (κ2) is 4.77. The van der Waals surface area contributed by atoms with Crippen LogP contribution in [-0.4, -0.2) is 19.6 Å². The van der Waals surface area contributed by atoms with E-state index in [1.165, 1.54) is 0 Å². The van der Waals surface area contributed by atoms with Crippen molar-refractivity contribution < 1.29 is 5.41 Å². The molecule has 0 saturated heterocycles. The molecule has 0 fully saturated rings. The SMILES string of the molecule is Nc1c(C(=[NH2+])Br)nc(Cl)nc1-c1ccncc1. The van der Waals surface area contributed by atoms with Crippen molar-refractivity contribution in [1.29, 1.82) is 0 Å². The summed E-state index contributed by atoms with van der Waals surface area (Å²) in [4.78, 5) is 12.0. The Morgan fingerprint density at radius 3 is 2.53 bits per heavy atom. The van der Waals surface area contributed by atoms with Crippen LogP contribution < -0.4 is 11.1 Å². The van der Waals surface area contributed by atoms with Gasteiger partial charge in [-0.15, -0.1) is 0 Å². The molecular weight excluding hydrogens is 306 g/mol. The summed E-state index contributed by atoms with van der Waals surface area (Å²) in [6.45, 7) is 0. The average molecular weight is 314 g/mol. The highest BCUT2D eigenvalue weighted by Crippen LogP contribution is 2.27. The molecule has 2 aromatic heterocycles. The summed E-state index contributed by atoms with van der Waals surface area (Å²) in [5, 5.41) is 5.71. The first-order chi connectivity index (χ1) is 8.09. The molecule has 0 aliphatic carbocycles. The van der Waals surface area contributed by atoms with Crippen LogP contribution in [0.3, 0.4) is 0 Å². The molecule has 17 heavy (non-hydrogen) atoms. The van der Waals surface area contributed by atoms with Crippen LogP contribution in [0.2, 0.25) is 5.28 Å². The molecule has 0 atom stereocenters. The van der Waals surface area contributed by atoms with E-state index in [1.54, 1.807) is 24.5 Å². The maximum absolute atomic E-state index is 5.95. The smallest absolute Gasteiger partial charge is 0.267 e. The zero-order valence-corrected chi connectivity index (χ0v) is 10.9. The normalized spacial score (nSPS) is 10.2. The second-order valence-corrected chi connectivity index (χ2v) is 4.38. The number of aromatic nitrogens is 3. The van der Waals surface area contributed by atoms with Gasteiger partial charge in [-0.3, -0.25) is 4.98 Å². The first-order valence-electron chi connectivity index (χ1n) is 4.61. The van der Waals surface area contributed by atoms with Gasteiger partial charge in [-0.05, 0) is 23.7 Å². The van der Waals surface area contributed by atoms with E-state index in [2.05, 4.69) is 30.9 Å². The molecule has 0 aromatic carbocycles. The molecule has 0 saturated carbocycles. The van der Waals surface area contributed by atoms with Crippen LogP contribution in [0.5, 0.6) is 0 Å². The maximum Gasteiger partial charge on any atom is 0.267 e. The lowest BCUT2D eigenvalue weighted by Gasteiger charge is -2.07. The van der Waals surface area contributed by atoms with Gasteiger partial charge in [0.2, 0.25) is 5.28 Å². The molecule has 0 radical (unpaired) electrons. The number of rotatable bonds is 2. The first-order valence-corrected chi connectivity index (χ1v) is 5.78. The minimum Gasteiger partial charge on any atom is -0.395 e. The fourth-order valence-electron chi connectivity index (χ4n) is 1.35. The Balaban J connectivity index is 2.67. The predicted octanol–water partition coefficient (Wildman–Crippen LogP) is 0.675. The van der Waals surface area contributed by atoms with Crippen molar-refractivity contribution in [2.24, 2.45) is 0 Å². The molecule has 86 valence electrons. The molecule has 0 amide bonds. The summed E-state index contributed by atoms with van der Waals surface area (Å²) in [5.41, 5.74) is 8.04. The van der Waals surface area contributed by atoms with E-state index in [9.17, 15) is 0 Å². The van der Waals surface area contributed by atoms with Crippen molar-refractivity contribution in [2.45, 2.75) is 0 Å². The topological polar surface area (TPSA) is 90.3 Å². The Morgan fingerprint density at radius 2 is 1.94 bits per heavy atom. The Morgan fingerprint density at radius 1 is 1.29 bits per heavy atom. The zero-order valence-electron chi connectivity index (χ0n) is 8.56. The van der Waals surface area contributed by atoms with Gasteiger partial charge in [-0.1, -0.05) is 0 Å². The summed E-state index contributed by atoms with van der Waals surface area (Å²) < 4.78 is 0.314. The van der Waals surface area contributed by atoms with Crippen molar-refractivity contribution in [3.8, 4) is 11.3 Å². The predicted molar refractivity (Wildman–Crippen MR) is 69.6 cm³/mol. The van der Waals surface area contributed by atoms with Gasteiger partial charge in [-0.25, -0.2) is 15.4 Å². The number of anilines is 1. The third kappa shape index (κ3) is 2.42. The molecule has 0 aliphatic rings. The van der Waals surface area contributed by atoms with E-state index in [1.807, 2.05) is 0 Å². The van der Waals surface area contributed by atoms with Gasteiger partial charge in [0.1, 0.15) is 0 Å². The van der Waals surface area contributed by atoms with Crippen molar-refractivity contribution in [1.82, 2.24) is 15.0 Å². The van der Waals surface area contributed by atoms with Gasteiger partial charge in [0.25, 0.3) is 4.62 Å². The Labute approximate surface area is 111 Å². The lowest BCUT2D eigenvalue weighted by molar-refractivity contribution is -0.107. The van der Waals surface area contributed by atoms with E-state index in [0.717, 1.165) is 5.56 Å². The van der Waals surface area contributed by atoms with E-state index < -0.39 is 0 Å². The Hall–Kier alpha value is -1.53. The molecule has 0 bridgehead atoms. The van der Waals surface area contributed by atoms with Crippen LogP contribution in [-0.2, 0) is 0 Å². The van der Waals surface area contributed by atoms with Crippen molar-refractivity contribution in [2.75, 3.05) is 5.73 Å². The molecule has 2 rings (SSSR count). The van der Waals surface area contributed by atoms with Crippen molar-refractivity contribution >= 4 is 37.8 Å². The van der Waals surface area contributed by atoms with E-state index in [-0.39, 0.29) is 5.28 Å². The third-order valence-electron chi connectivity index (χ3n) is 2.10. The van der Waals surface area contributed by atoms with E-state index >= 15 is 0 Å². The standard InChI is InChI=1S/C10H7BrClN5/c11-9(14)8-6(13)7(16-10(12)17-8)5-1-3-15-4-2-5/h1-4,14H,13H2/p+1. The summed E-state index contributed by atoms with van der Waals surface area (Å²) in [6.07, 6.45) is 3.29. The van der Waals surface area contributed by atoms with Gasteiger partial charge < -0.3 is 5.73 Å². The van der Waals surface area contributed by atoms with Crippen LogP contribution in [0.15, 0.2) is 24.5 Å². The summed E-state index contributed by atoms with van der Waals surface area (Å²) in [7, 11) is 0. The summed E-state index contributed by atoms with van der Waals surface area (Å²) in [6, 6.07) is 3.56. The molecule has 4 N–H and O–H groups in total. The number of pyridine rings is 1. The number of nitrogens with zero attached hydrogens (tertiary/aromatic N) is 3. The molecule has 0 aliphatic heterocycles. The fraction of sp³-hybridized carbons (Fsp3) is 0. The maximum atomic E-state index is 5.95. The molecule has 5 nitrogen and oxygen atoms in total. The molecule has 0 spiro atoms. The lowest BCUT2D eigenvalue weighted by atomic mass is 10.1. The summed E-state index contributed by atoms with van der Waals surface area (Å²) in [5.74, 6) is 0. The van der Waals surface area contributed by atoms with Crippen LogP contribution in [0.25, 0.3) is 11.3 Å². The van der Waals surface area contributed by atoms with Crippen molar-refractivity contribution in [3.63, 3.8) is 0 Å². The minimum atomic E-state index is 0.0865. The minimum absolute atomic E-state index is 0.0865. The van der Waals surface area contributed by atoms with Gasteiger partial charge in [0, 0.05) is 33.9 Å². The van der Waals surface area contributed by atoms with Gasteiger partial charge >= 0.3 is 0 Å². The molecule has 2 aromatic rings. The van der Waals surface area contributed by atoms with Gasteiger partial charge in [0.15, 0.2) is 5.69 Å². The zero-order chi connectivity index (χ0) is 12.4. The van der Waals surface area contributed by atoms with E-state index in [0.29, 0.717) is 21.7 Å². The number of nitrogen functional groups attached to an aromatic ring is 1. The first kappa shape index (κ1) is 11.9. The van der Waals surface area contributed by atoms with Crippen LogP contribution in [0, 0.1) is 0 Å². The fourth-order valence-corrected chi connectivity index (χ4v) is 1.83. The number of nitrogens with two attached hydrogens (primary N) is 2. The van der Waals surface area contributed by atoms with Gasteiger partial charge in [0.05, 0.1) is 11.4 Å². The van der Waals surface area contributed by atoms with Gasteiger partial charge in [-0.2, -0.15) is 0 Å². The highest BCUT2D eigenvalue weighted by atomic mass is 79.9. The Bertz CT molecular complexity index is 572. The third-order valence-corrected chi connectivity index (χ3v) is 2.64. The highest BCUT2D eigenvalue weighted by Gasteiger charge is 2.17. The van der Waals surface area contributed by atoms with E-state index in [4.69, 9.17) is 22.7 Å². The number of hydrogen-bond acceptors (Lipinski definition) is 4. The average Bonchev–Trinajstić information content (AvgIpc) is 2.32. The quantitative estimate of drug-likeness (QED) is 0.630. The second-order valence-electron chi connectivity index (χ2n) is 3.19. The van der Waals surface area contributed by atoms with Crippen molar-refractivity contribution in [3.05, 3.63) is 35.5 Å².